The summed E-state index contributed by atoms with van der Waals surface area (Å²) in [5.74, 6) is 0.604. The number of nitrogens with zero attached hydrogens (tertiary/aromatic N) is 1. The van der Waals surface area contributed by atoms with Crippen molar-refractivity contribution in [2.45, 2.75) is 53.0 Å². The molecule has 2 rings (SSSR count). The van der Waals surface area contributed by atoms with Gasteiger partial charge in [-0.2, -0.15) is 0 Å². The lowest BCUT2D eigenvalue weighted by molar-refractivity contribution is 0.443. The molecule has 0 aromatic heterocycles. The van der Waals surface area contributed by atoms with Crippen LogP contribution in [0.3, 0.4) is 0 Å². The molecule has 1 atom stereocenters. The summed E-state index contributed by atoms with van der Waals surface area (Å²) in [6.45, 7) is 13.7. The molecule has 1 aromatic rings. The van der Waals surface area contributed by atoms with Crippen molar-refractivity contribution < 1.29 is 0 Å². The maximum absolute atomic E-state index is 2.44. The first-order valence-corrected chi connectivity index (χ1v) is 6.13. The minimum atomic E-state index is 0.229. The summed E-state index contributed by atoms with van der Waals surface area (Å²) in [7, 11) is 2.22. The Morgan fingerprint density at radius 3 is 2.25 bits per heavy atom. The van der Waals surface area contributed by atoms with E-state index in [1.54, 1.807) is 5.56 Å². The number of likely N-dealkylation sites (N-methyl/N-ethyl adjacent to an activating group) is 1. The first-order chi connectivity index (χ1) is 7.28. The van der Waals surface area contributed by atoms with Crippen LogP contribution in [0.15, 0.2) is 6.07 Å². The predicted molar refractivity (Wildman–Crippen MR) is 71.6 cm³/mol. The van der Waals surface area contributed by atoms with Crippen LogP contribution in [0.2, 0.25) is 0 Å². The van der Waals surface area contributed by atoms with Crippen molar-refractivity contribution in [3.63, 3.8) is 0 Å². The lowest BCUT2D eigenvalue weighted by Gasteiger charge is -2.33. The Morgan fingerprint density at radius 1 is 1.12 bits per heavy atom. The summed E-state index contributed by atoms with van der Waals surface area (Å²) in [4.78, 5) is 2.44. The third-order valence-corrected chi connectivity index (χ3v) is 4.91. The Hall–Kier alpha value is -0.980. The van der Waals surface area contributed by atoms with Gasteiger partial charge in [0.2, 0.25) is 0 Å². The normalized spacial score (nSPS) is 22.4. The average molecular weight is 217 g/mol. The van der Waals surface area contributed by atoms with Crippen molar-refractivity contribution in [3.8, 4) is 0 Å². The second-order valence-corrected chi connectivity index (χ2v) is 5.81. The van der Waals surface area contributed by atoms with Gasteiger partial charge in [0.1, 0.15) is 0 Å². The van der Waals surface area contributed by atoms with Crippen molar-refractivity contribution in [2.75, 3.05) is 11.9 Å². The summed E-state index contributed by atoms with van der Waals surface area (Å²) in [6.07, 6.45) is 0. The number of anilines is 1. The first kappa shape index (κ1) is 11.5. The maximum atomic E-state index is 2.44. The minimum Gasteiger partial charge on any atom is -0.369 e. The van der Waals surface area contributed by atoms with Gasteiger partial charge in [0.05, 0.1) is 0 Å². The average Bonchev–Trinajstić information content (AvgIpc) is 2.38. The van der Waals surface area contributed by atoms with Crippen molar-refractivity contribution in [1.82, 2.24) is 0 Å². The lowest BCUT2D eigenvalue weighted by Crippen LogP contribution is -2.39. The molecule has 88 valence electrons. The molecule has 0 radical (unpaired) electrons. The van der Waals surface area contributed by atoms with Gasteiger partial charge in [0.15, 0.2) is 0 Å². The van der Waals surface area contributed by atoms with E-state index in [1.165, 1.54) is 22.4 Å². The summed E-state index contributed by atoms with van der Waals surface area (Å²) in [5, 5.41) is 0. The first-order valence-electron chi connectivity index (χ1n) is 6.13. The molecule has 0 N–H and O–H groups in total. The fraction of sp³-hybridized carbons (Fsp3) is 0.600. The van der Waals surface area contributed by atoms with E-state index in [9.17, 15) is 0 Å². The summed E-state index contributed by atoms with van der Waals surface area (Å²) < 4.78 is 0. The van der Waals surface area contributed by atoms with Gasteiger partial charge in [-0.05, 0) is 62.9 Å². The minimum absolute atomic E-state index is 0.229. The van der Waals surface area contributed by atoms with Gasteiger partial charge in [-0.3, -0.25) is 0 Å². The molecule has 0 aliphatic carbocycles. The smallest absolute Gasteiger partial charge is 0.0409 e. The van der Waals surface area contributed by atoms with E-state index in [4.69, 9.17) is 0 Å². The van der Waals surface area contributed by atoms with E-state index in [-0.39, 0.29) is 5.54 Å². The van der Waals surface area contributed by atoms with Crippen LogP contribution in [0, 0.1) is 20.8 Å². The zero-order chi connectivity index (χ0) is 12.2. The molecule has 1 aromatic carbocycles. The standard InChI is InChI=1S/C15H23N/c1-9-8-13-14(11(3)10(9)2)12(4)15(5,6)16(13)7/h8,12H,1-7H3. The van der Waals surface area contributed by atoms with Gasteiger partial charge in [-0.25, -0.2) is 0 Å². The highest BCUT2D eigenvalue weighted by atomic mass is 15.2. The van der Waals surface area contributed by atoms with Gasteiger partial charge in [0.25, 0.3) is 0 Å². The van der Waals surface area contributed by atoms with E-state index in [0.717, 1.165) is 0 Å². The van der Waals surface area contributed by atoms with Crippen molar-refractivity contribution >= 4 is 5.69 Å². The molecule has 1 nitrogen and oxygen atoms in total. The number of fused-ring (bicyclic) bond motifs is 1. The Balaban J connectivity index is 2.74. The third-order valence-electron chi connectivity index (χ3n) is 4.91. The molecule has 0 fully saturated rings. The highest BCUT2D eigenvalue weighted by Crippen LogP contribution is 2.48. The molecule has 1 aliphatic rings. The van der Waals surface area contributed by atoms with E-state index >= 15 is 0 Å². The zero-order valence-corrected chi connectivity index (χ0v) is 11.6. The van der Waals surface area contributed by atoms with Gasteiger partial charge >= 0.3 is 0 Å². The third kappa shape index (κ3) is 1.24. The van der Waals surface area contributed by atoms with Crippen LogP contribution in [0.1, 0.15) is 48.9 Å². The molecule has 0 amide bonds. The van der Waals surface area contributed by atoms with Crippen LogP contribution in [0.25, 0.3) is 0 Å². The van der Waals surface area contributed by atoms with E-state index in [0.29, 0.717) is 5.92 Å². The van der Waals surface area contributed by atoms with E-state index < -0.39 is 0 Å². The molecular weight excluding hydrogens is 194 g/mol. The summed E-state index contributed by atoms with van der Waals surface area (Å²) in [6, 6.07) is 2.35. The maximum Gasteiger partial charge on any atom is 0.0409 e. The monoisotopic (exact) mass is 217 g/mol. The fourth-order valence-corrected chi connectivity index (χ4v) is 2.86. The Kier molecular flexibility index (Phi) is 2.34. The van der Waals surface area contributed by atoms with Gasteiger partial charge in [-0.15, -0.1) is 0 Å². The Morgan fingerprint density at radius 2 is 1.69 bits per heavy atom. The van der Waals surface area contributed by atoms with Gasteiger partial charge < -0.3 is 4.90 Å². The second kappa shape index (κ2) is 3.26. The molecule has 1 aliphatic heterocycles. The lowest BCUT2D eigenvalue weighted by atomic mass is 9.84. The Bertz CT molecular complexity index is 443. The molecule has 16 heavy (non-hydrogen) atoms. The SMILES string of the molecule is Cc1cc2c(c(C)c1C)C(C)C(C)(C)N2C. The molecule has 1 unspecified atom stereocenters. The van der Waals surface area contributed by atoms with Crippen molar-refractivity contribution in [3.05, 3.63) is 28.3 Å². The number of rotatable bonds is 0. The summed E-state index contributed by atoms with van der Waals surface area (Å²) >= 11 is 0. The van der Waals surface area contributed by atoms with Crippen LogP contribution >= 0.6 is 0 Å². The topological polar surface area (TPSA) is 3.24 Å². The van der Waals surface area contributed by atoms with Gasteiger partial charge in [-0.1, -0.05) is 6.92 Å². The van der Waals surface area contributed by atoms with Crippen molar-refractivity contribution in [2.24, 2.45) is 0 Å². The highest BCUT2D eigenvalue weighted by Gasteiger charge is 2.41. The number of hydrogen-bond donors (Lipinski definition) is 0. The van der Waals surface area contributed by atoms with Crippen LogP contribution in [-0.4, -0.2) is 12.6 Å². The Labute approximate surface area is 99.5 Å². The summed E-state index contributed by atoms with van der Waals surface area (Å²) in [5.41, 5.74) is 7.56. The molecule has 0 saturated carbocycles. The van der Waals surface area contributed by atoms with Crippen molar-refractivity contribution in [1.29, 1.82) is 0 Å². The second-order valence-electron chi connectivity index (χ2n) is 5.81. The quantitative estimate of drug-likeness (QED) is 0.636. The van der Waals surface area contributed by atoms with Crippen LogP contribution in [-0.2, 0) is 0 Å². The van der Waals surface area contributed by atoms with Crippen LogP contribution in [0.5, 0.6) is 0 Å². The number of aryl methyl sites for hydroxylation is 1. The highest BCUT2D eigenvalue weighted by molar-refractivity contribution is 5.68. The molecule has 1 heteroatoms. The van der Waals surface area contributed by atoms with Crippen LogP contribution < -0.4 is 4.90 Å². The molecule has 0 saturated heterocycles. The van der Waals surface area contributed by atoms with E-state index in [2.05, 4.69) is 59.6 Å². The molecular formula is C15H23N. The molecule has 1 heterocycles. The largest absolute Gasteiger partial charge is 0.369 e. The van der Waals surface area contributed by atoms with Gasteiger partial charge in [0, 0.05) is 24.2 Å². The van der Waals surface area contributed by atoms with E-state index in [1.807, 2.05) is 0 Å². The predicted octanol–water partition coefficient (Wildman–Crippen LogP) is 3.94. The number of benzene rings is 1. The molecule has 0 bridgehead atoms. The number of hydrogen-bond acceptors (Lipinski definition) is 1. The molecule has 0 spiro atoms. The zero-order valence-electron chi connectivity index (χ0n) is 11.6. The van der Waals surface area contributed by atoms with Crippen LogP contribution in [0.4, 0.5) is 5.69 Å². The fourth-order valence-electron chi connectivity index (χ4n) is 2.86.